The molecule has 0 aromatic heterocycles. The molecular weight excluding hydrogens is 132 g/mol. The van der Waals surface area contributed by atoms with Gasteiger partial charge in [0.25, 0.3) is 0 Å². The number of hydrogen-bond donors (Lipinski definition) is 0. The van der Waals surface area contributed by atoms with E-state index in [-0.39, 0.29) is 5.41 Å². The van der Waals surface area contributed by atoms with Gasteiger partial charge in [-0.15, -0.1) is 0 Å². The maximum Gasteiger partial charge on any atom is -0.0351 e. The fourth-order valence-corrected chi connectivity index (χ4v) is 1.56. The Kier molecular flexibility index (Phi) is 4.13. The highest BCUT2D eigenvalue weighted by atomic mass is 14.2. The summed E-state index contributed by atoms with van der Waals surface area (Å²) in [5.74, 6) is 1.66. The molecule has 0 aliphatic heterocycles. The van der Waals surface area contributed by atoms with Gasteiger partial charge in [0.05, 0.1) is 0 Å². The maximum atomic E-state index is 4.14. The molecule has 0 fully saturated rings. The van der Waals surface area contributed by atoms with Gasteiger partial charge in [-0.1, -0.05) is 41.0 Å². The second-order valence-corrected chi connectivity index (χ2v) is 4.78. The Bertz CT molecular complexity index is 95.1. The van der Waals surface area contributed by atoms with Gasteiger partial charge in [0.15, 0.2) is 0 Å². The monoisotopic (exact) mass is 155 g/mol. The van der Waals surface area contributed by atoms with Crippen LogP contribution in [0.15, 0.2) is 0 Å². The summed E-state index contributed by atoms with van der Waals surface area (Å²) in [7, 11) is 0. The molecule has 0 aromatic carbocycles. The minimum Gasteiger partial charge on any atom is -0.0651 e. The summed E-state index contributed by atoms with van der Waals surface area (Å²) in [6, 6.07) is 0. The predicted molar refractivity (Wildman–Crippen MR) is 52.4 cm³/mol. The third-order valence-electron chi connectivity index (χ3n) is 2.28. The summed E-state index contributed by atoms with van der Waals surface area (Å²) in [6.07, 6.45) is 2.54. The van der Waals surface area contributed by atoms with Gasteiger partial charge < -0.3 is 0 Å². The normalized spacial score (nSPS) is 15.5. The van der Waals surface area contributed by atoms with Crippen LogP contribution in [-0.4, -0.2) is 0 Å². The van der Waals surface area contributed by atoms with E-state index in [4.69, 9.17) is 0 Å². The van der Waals surface area contributed by atoms with Gasteiger partial charge in [0.2, 0.25) is 0 Å². The fraction of sp³-hybridized carbons (Fsp3) is 0.909. The molecule has 67 valence electrons. The van der Waals surface area contributed by atoms with Crippen LogP contribution in [0.3, 0.4) is 0 Å². The lowest BCUT2D eigenvalue weighted by molar-refractivity contribution is 0.260. The molecule has 1 atom stereocenters. The Morgan fingerprint density at radius 3 is 1.82 bits per heavy atom. The third kappa shape index (κ3) is 5.29. The van der Waals surface area contributed by atoms with Gasteiger partial charge in [0.1, 0.15) is 0 Å². The van der Waals surface area contributed by atoms with Crippen molar-refractivity contribution in [1.82, 2.24) is 0 Å². The van der Waals surface area contributed by atoms with E-state index in [0.29, 0.717) is 0 Å². The summed E-state index contributed by atoms with van der Waals surface area (Å²) in [4.78, 5) is 0. The average Bonchev–Trinajstić information content (AvgIpc) is 1.80. The smallest absolute Gasteiger partial charge is 0.0351 e. The molecule has 0 heterocycles. The first-order valence-corrected chi connectivity index (χ1v) is 4.72. The SMILES string of the molecule is [CH2]C(C)(C)CC(CC)C(C)C. The molecule has 0 aromatic rings. The molecule has 0 heteroatoms. The molecule has 0 saturated heterocycles. The van der Waals surface area contributed by atoms with Crippen LogP contribution in [0.1, 0.15) is 47.5 Å². The zero-order valence-electron chi connectivity index (χ0n) is 8.78. The topological polar surface area (TPSA) is 0 Å². The molecular formula is C11H23. The van der Waals surface area contributed by atoms with E-state index in [1.807, 2.05) is 0 Å². The minimum atomic E-state index is 0.255. The first kappa shape index (κ1) is 11.0. The molecule has 0 nitrogen and oxygen atoms in total. The Labute approximate surface area is 72.4 Å². The zero-order valence-corrected chi connectivity index (χ0v) is 8.78. The van der Waals surface area contributed by atoms with Crippen molar-refractivity contribution < 1.29 is 0 Å². The van der Waals surface area contributed by atoms with Crippen LogP contribution in [0.25, 0.3) is 0 Å². The molecule has 0 spiro atoms. The number of rotatable bonds is 4. The standard InChI is InChI=1S/C11H23/c1-7-10(9(2)3)8-11(4,5)6/h9-10H,4,7-8H2,1-3,5-6H3. The summed E-state index contributed by atoms with van der Waals surface area (Å²) in [5, 5.41) is 0. The average molecular weight is 155 g/mol. The molecule has 0 aliphatic carbocycles. The summed E-state index contributed by atoms with van der Waals surface area (Å²) in [6.45, 7) is 15.5. The summed E-state index contributed by atoms with van der Waals surface area (Å²) in [5.41, 5.74) is 0.255. The minimum absolute atomic E-state index is 0.255. The van der Waals surface area contributed by atoms with Crippen molar-refractivity contribution in [1.29, 1.82) is 0 Å². The van der Waals surface area contributed by atoms with Gasteiger partial charge in [0, 0.05) is 0 Å². The largest absolute Gasteiger partial charge is 0.0651 e. The summed E-state index contributed by atoms with van der Waals surface area (Å²) >= 11 is 0. The lowest BCUT2D eigenvalue weighted by Gasteiger charge is -2.27. The van der Waals surface area contributed by atoms with Crippen LogP contribution in [-0.2, 0) is 0 Å². The van der Waals surface area contributed by atoms with Crippen molar-refractivity contribution in [3.8, 4) is 0 Å². The highest BCUT2D eigenvalue weighted by Gasteiger charge is 2.19. The Morgan fingerprint density at radius 2 is 1.73 bits per heavy atom. The molecule has 0 bridgehead atoms. The van der Waals surface area contributed by atoms with Crippen LogP contribution in [0, 0.1) is 24.2 Å². The van der Waals surface area contributed by atoms with Crippen LogP contribution < -0.4 is 0 Å². The molecule has 0 aliphatic rings. The number of hydrogen-bond acceptors (Lipinski definition) is 0. The molecule has 0 N–H and O–H groups in total. The molecule has 1 radical (unpaired) electrons. The van der Waals surface area contributed by atoms with Crippen molar-refractivity contribution in [3.63, 3.8) is 0 Å². The Morgan fingerprint density at radius 1 is 1.27 bits per heavy atom. The van der Waals surface area contributed by atoms with E-state index in [2.05, 4.69) is 41.5 Å². The van der Waals surface area contributed by atoms with Gasteiger partial charge in [-0.25, -0.2) is 0 Å². The van der Waals surface area contributed by atoms with Crippen molar-refractivity contribution in [2.45, 2.75) is 47.5 Å². The van der Waals surface area contributed by atoms with Crippen molar-refractivity contribution >= 4 is 0 Å². The Hall–Kier alpha value is 0. The first-order valence-electron chi connectivity index (χ1n) is 4.72. The molecule has 0 amide bonds. The Balaban J connectivity index is 3.88. The van der Waals surface area contributed by atoms with E-state index in [1.54, 1.807) is 0 Å². The lowest BCUT2D eigenvalue weighted by Crippen LogP contribution is -2.17. The predicted octanol–water partition coefficient (Wildman–Crippen LogP) is 3.92. The van der Waals surface area contributed by atoms with E-state index in [9.17, 15) is 0 Å². The van der Waals surface area contributed by atoms with Crippen molar-refractivity contribution in [2.75, 3.05) is 0 Å². The second kappa shape index (κ2) is 4.13. The highest BCUT2D eigenvalue weighted by molar-refractivity contribution is 4.76. The lowest BCUT2D eigenvalue weighted by atomic mass is 9.78. The maximum absolute atomic E-state index is 4.14. The van der Waals surface area contributed by atoms with Crippen LogP contribution in [0.2, 0.25) is 0 Å². The van der Waals surface area contributed by atoms with Crippen LogP contribution >= 0.6 is 0 Å². The molecule has 11 heavy (non-hydrogen) atoms. The van der Waals surface area contributed by atoms with Crippen molar-refractivity contribution in [3.05, 3.63) is 6.92 Å². The van der Waals surface area contributed by atoms with E-state index >= 15 is 0 Å². The zero-order chi connectivity index (χ0) is 9.07. The van der Waals surface area contributed by atoms with E-state index in [1.165, 1.54) is 12.8 Å². The highest BCUT2D eigenvalue weighted by Crippen LogP contribution is 2.30. The molecule has 1 unspecified atom stereocenters. The van der Waals surface area contributed by atoms with Gasteiger partial charge >= 0.3 is 0 Å². The van der Waals surface area contributed by atoms with Crippen molar-refractivity contribution in [2.24, 2.45) is 17.3 Å². The van der Waals surface area contributed by atoms with Crippen LogP contribution in [0.5, 0.6) is 0 Å². The van der Waals surface area contributed by atoms with Crippen LogP contribution in [0.4, 0.5) is 0 Å². The third-order valence-corrected chi connectivity index (χ3v) is 2.28. The fourth-order valence-electron chi connectivity index (χ4n) is 1.56. The van der Waals surface area contributed by atoms with E-state index < -0.39 is 0 Å². The quantitative estimate of drug-likeness (QED) is 0.577. The van der Waals surface area contributed by atoms with E-state index in [0.717, 1.165) is 11.8 Å². The summed E-state index contributed by atoms with van der Waals surface area (Å²) < 4.78 is 0. The van der Waals surface area contributed by atoms with Gasteiger partial charge in [-0.2, -0.15) is 0 Å². The second-order valence-electron chi connectivity index (χ2n) is 4.78. The first-order chi connectivity index (χ1) is 4.87. The van der Waals surface area contributed by atoms with Gasteiger partial charge in [-0.05, 0) is 30.6 Å². The molecule has 0 rings (SSSR count). The van der Waals surface area contributed by atoms with Gasteiger partial charge in [-0.3, -0.25) is 0 Å². The molecule has 0 saturated carbocycles.